The highest BCUT2D eigenvalue weighted by Gasteiger charge is 2.29. The van der Waals surface area contributed by atoms with E-state index in [4.69, 9.17) is 11.1 Å². The van der Waals surface area contributed by atoms with Crippen molar-refractivity contribution in [3.05, 3.63) is 88.7 Å². The average Bonchev–Trinajstić information content (AvgIpc) is 3.13. The van der Waals surface area contributed by atoms with Gasteiger partial charge in [-0.25, -0.2) is 13.8 Å². The van der Waals surface area contributed by atoms with Gasteiger partial charge in [0.05, 0.1) is 11.7 Å². The lowest BCUT2D eigenvalue weighted by molar-refractivity contribution is 0.581. The number of nitrogens with two attached hydrogens (primary N) is 1. The summed E-state index contributed by atoms with van der Waals surface area (Å²) in [5.74, 6) is -1.37. The van der Waals surface area contributed by atoms with E-state index in [9.17, 15) is 8.78 Å². The molecule has 0 saturated heterocycles. The van der Waals surface area contributed by atoms with Gasteiger partial charge in [-0.2, -0.15) is 0 Å². The van der Waals surface area contributed by atoms with Crippen LogP contribution in [0.4, 0.5) is 14.5 Å². The molecule has 2 heterocycles. The molecule has 7 heteroatoms. The Morgan fingerprint density at radius 3 is 2.57 bits per heavy atom. The molecule has 0 saturated carbocycles. The SMILES string of the molecule is CC.N=C(N)/N=C1/c2ccccc2NC(c2cc(F)ccc2F)c2cc[nH]c21. The zero-order valence-corrected chi connectivity index (χ0v) is 15.6. The van der Waals surface area contributed by atoms with Gasteiger partial charge in [-0.15, -0.1) is 0 Å². The van der Waals surface area contributed by atoms with Gasteiger partial charge in [-0.3, -0.25) is 5.41 Å². The molecule has 1 aliphatic heterocycles. The lowest BCUT2D eigenvalue weighted by Crippen LogP contribution is -2.14. The predicted octanol–water partition coefficient (Wildman–Crippen LogP) is 4.56. The topological polar surface area (TPSA) is 90.1 Å². The summed E-state index contributed by atoms with van der Waals surface area (Å²) in [5, 5.41) is 10.8. The van der Waals surface area contributed by atoms with Crippen molar-refractivity contribution in [3.63, 3.8) is 0 Å². The van der Waals surface area contributed by atoms with Crippen LogP contribution in [-0.4, -0.2) is 16.7 Å². The maximum Gasteiger partial charge on any atom is 0.213 e. The molecule has 1 atom stereocenters. The summed E-state index contributed by atoms with van der Waals surface area (Å²) in [6.07, 6.45) is 1.69. The van der Waals surface area contributed by atoms with E-state index < -0.39 is 17.7 Å². The second-order valence-corrected chi connectivity index (χ2v) is 5.94. The van der Waals surface area contributed by atoms with Crippen molar-refractivity contribution in [1.29, 1.82) is 5.41 Å². The van der Waals surface area contributed by atoms with Gasteiger partial charge in [-0.05, 0) is 30.3 Å². The Labute approximate surface area is 161 Å². The van der Waals surface area contributed by atoms with Crippen molar-refractivity contribution < 1.29 is 8.78 Å². The Kier molecular flexibility index (Phi) is 5.54. The number of hydrogen-bond donors (Lipinski definition) is 4. The number of fused-ring (bicyclic) bond motifs is 2. The maximum absolute atomic E-state index is 14.5. The minimum atomic E-state index is -0.632. The zero-order chi connectivity index (χ0) is 20.3. The van der Waals surface area contributed by atoms with Crippen LogP contribution in [0, 0.1) is 17.0 Å². The fourth-order valence-electron chi connectivity index (χ4n) is 3.23. The number of nitrogens with zero attached hydrogens (tertiary/aromatic N) is 1. The van der Waals surface area contributed by atoms with Crippen molar-refractivity contribution in [2.24, 2.45) is 10.7 Å². The van der Waals surface area contributed by atoms with E-state index in [1.807, 2.05) is 38.1 Å². The standard InChI is InChI=1S/C19H15F2N5.C2H6/c20-10-5-6-14(21)13(9-10)16-12-7-8-24-17(12)18(26-19(22)23)11-3-1-2-4-15(11)25-16;1-2/h1-9,16,24-25H,(H3,22,23);1-2H3/b26-18-;. The minimum Gasteiger partial charge on any atom is -0.373 e. The number of nitrogens with one attached hydrogen (secondary N) is 3. The molecule has 1 aromatic heterocycles. The summed E-state index contributed by atoms with van der Waals surface area (Å²) in [4.78, 5) is 7.25. The third kappa shape index (κ3) is 3.51. The number of H-pyrrole nitrogens is 1. The molecule has 5 nitrogen and oxygen atoms in total. The molecule has 144 valence electrons. The van der Waals surface area contributed by atoms with E-state index in [-0.39, 0.29) is 11.5 Å². The molecule has 28 heavy (non-hydrogen) atoms. The summed E-state index contributed by atoms with van der Waals surface area (Å²) in [6.45, 7) is 4.00. The average molecular weight is 381 g/mol. The molecule has 0 spiro atoms. The number of halogens is 2. The Morgan fingerprint density at radius 2 is 1.82 bits per heavy atom. The summed E-state index contributed by atoms with van der Waals surface area (Å²) in [5.41, 5.74) is 8.84. The first kappa shape index (κ1) is 19.3. The number of aliphatic imine (C=N–C) groups is 1. The highest BCUT2D eigenvalue weighted by atomic mass is 19.1. The van der Waals surface area contributed by atoms with Crippen LogP contribution in [0.1, 0.15) is 42.3 Å². The van der Waals surface area contributed by atoms with E-state index in [0.29, 0.717) is 28.2 Å². The first-order chi connectivity index (χ1) is 13.5. The molecular formula is C21H21F2N5. The van der Waals surface area contributed by atoms with Crippen LogP contribution in [0.25, 0.3) is 0 Å². The van der Waals surface area contributed by atoms with Crippen molar-refractivity contribution in [2.45, 2.75) is 19.9 Å². The van der Waals surface area contributed by atoms with Crippen LogP contribution in [0.5, 0.6) is 0 Å². The highest BCUT2D eigenvalue weighted by Crippen LogP contribution is 2.36. The van der Waals surface area contributed by atoms with Gasteiger partial charge < -0.3 is 16.0 Å². The number of aromatic nitrogens is 1. The number of hydrogen-bond acceptors (Lipinski definition) is 2. The quantitative estimate of drug-likeness (QED) is 0.367. The van der Waals surface area contributed by atoms with Gasteiger partial charge >= 0.3 is 0 Å². The number of anilines is 1. The monoisotopic (exact) mass is 381 g/mol. The van der Waals surface area contributed by atoms with E-state index in [2.05, 4.69) is 15.3 Å². The van der Waals surface area contributed by atoms with Crippen LogP contribution < -0.4 is 11.1 Å². The maximum atomic E-state index is 14.5. The number of guanidine groups is 1. The first-order valence-corrected chi connectivity index (χ1v) is 8.96. The molecule has 0 fully saturated rings. The lowest BCUT2D eigenvalue weighted by atomic mass is 9.97. The van der Waals surface area contributed by atoms with Gasteiger partial charge in [-0.1, -0.05) is 32.0 Å². The Balaban J connectivity index is 0.00000109. The predicted molar refractivity (Wildman–Crippen MR) is 108 cm³/mol. The number of rotatable bonds is 1. The van der Waals surface area contributed by atoms with Gasteiger partial charge in [0, 0.05) is 28.6 Å². The summed E-state index contributed by atoms with van der Waals surface area (Å²) < 4.78 is 28.2. The number of benzene rings is 2. The second kappa shape index (κ2) is 8.04. The van der Waals surface area contributed by atoms with Gasteiger partial charge in [0.1, 0.15) is 17.3 Å². The molecule has 4 rings (SSSR count). The summed E-state index contributed by atoms with van der Waals surface area (Å²) >= 11 is 0. The molecule has 1 aliphatic rings. The third-order valence-electron chi connectivity index (χ3n) is 4.31. The molecule has 2 aromatic carbocycles. The molecule has 1 unspecified atom stereocenters. The zero-order valence-electron chi connectivity index (χ0n) is 15.6. The van der Waals surface area contributed by atoms with Crippen LogP contribution >= 0.6 is 0 Å². The molecule has 3 aromatic rings. The van der Waals surface area contributed by atoms with Crippen LogP contribution in [-0.2, 0) is 0 Å². The van der Waals surface area contributed by atoms with Crippen molar-refractivity contribution in [3.8, 4) is 0 Å². The van der Waals surface area contributed by atoms with Crippen LogP contribution in [0.2, 0.25) is 0 Å². The van der Waals surface area contributed by atoms with Gasteiger partial charge in [0.2, 0.25) is 5.96 Å². The number of para-hydroxylation sites is 1. The fraction of sp³-hybridized carbons (Fsp3) is 0.143. The Morgan fingerprint density at radius 1 is 1.07 bits per heavy atom. The smallest absolute Gasteiger partial charge is 0.213 e. The van der Waals surface area contributed by atoms with Crippen LogP contribution in [0.15, 0.2) is 59.7 Å². The minimum absolute atomic E-state index is 0.185. The molecule has 0 radical (unpaired) electrons. The summed E-state index contributed by atoms with van der Waals surface area (Å²) in [7, 11) is 0. The van der Waals surface area contributed by atoms with Crippen molar-refractivity contribution in [1.82, 2.24) is 4.98 Å². The highest BCUT2D eigenvalue weighted by molar-refractivity contribution is 6.19. The van der Waals surface area contributed by atoms with E-state index >= 15 is 0 Å². The molecular weight excluding hydrogens is 360 g/mol. The van der Waals surface area contributed by atoms with E-state index in [1.54, 1.807) is 12.3 Å². The Hall–Kier alpha value is -3.48. The van der Waals surface area contributed by atoms with Gasteiger partial charge in [0.25, 0.3) is 0 Å². The lowest BCUT2D eigenvalue weighted by Gasteiger charge is -2.20. The first-order valence-electron chi connectivity index (χ1n) is 8.96. The van der Waals surface area contributed by atoms with Gasteiger partial charge in [0.15, 0.2) is 0 Å². The second-order valence-electron chi connectivity index (χ2n) is 5.94. The Bertz CT molecular complexity index is 1040. The molecule has 0 amide bonds. The van der Waals surface area contributed by atoms with Crippen molar-refractivity contribution in [2.75, 3.05) is 5.32 Å². The van der Waals surface area contributed by atoms with Crippen LogP contribution in [0.3, 0.4) is 0 Å². The van der Waals surface area contributed by atoms with E-state index in [0.717, 1.165) is 12.1 Å². The molecule has 0 bridgehead atoms. The molecule has 0 aliphatic carbocycles. The fourth-order valence-corrected chi connectivity index (χ4v) is 3.23. The normalized spacial score (nSPS) is 16.1. The van der Waals surface area contributed by atoms with Crippen molar-refractivity contribution >= 4 is 17.4 Å². The largest absolute Gasteiger partial charge is 0.373 e. The molecule has 5 N–H and O–H groups in total. The third-order valence-corrected chi connectivity index (χ3v) is 4.31. The number of aromatic amines is 1. The van der Waals surface area contributed by atoms with E-state index in [1.165, 1.54) is 6.07 Å². The summed E-state index contributed by atoms with van der Waals surface area (Å²) in [6, 6.07) is 11.8.